The van der Waals surface area contributed by atoms with Gasteiger partial charge in [0.2, 0.25) is 5.43 Å². The number of rotatable bonds is 3. The predicted octanol–water partition coefficient (Wildman–Crippen LogP) is 3.28. The van der Waals surface area contributed by atoms with Crippen molar-refractivity contribution in [1.82, 2.24) is 15.1 Å². The van der Waals surface area contributed by atoms with E-state index in [0.717, 1.165) is 17.5 Å². The number of halogens is 1. The Bertz CT molecular complexity index is 1120. The summed E-state index contributed by atoms with van der Waals surface area (Å²) in [5.41, 5.74) is 1.72. The van der Waals surface area contributed by atoms with Crippen molar-refractivity contribution in [3.05, 3.63) is 74.5 Å². The van der Waals surface area contributed by atoms with Crippen molar-refractivity contribution in [3.63, 3.8) is 0 Å². The van der Waals surface area contributed by atoms with Crippen LogP contribution < -0.4 is 10.7 Å². The Balaban J connectivity index is 1.93. The number of carbonyl (C=O) groups is 1. The summed E-state index contributed by atoms with van der Waals surface area (Å²) in [6.45, 7) is 2.24. The minimum Gasteiger partial charge on any atom is -0.346 e. The maximum Gasteiger partial charge on any atom is 0.276 e. The van der Waals surface area contributed by atoms with Crippen molar-refractivity contribution in [2.45, 2.75) is 19.9 Å². The number of hydrogen-bond donors (Lipinski definition) is 1. The number of nitrogens with one attached hydrogen (secondary N) is 1. The molecule has 0 aliphatic heterocycles. The standard InChI is InChI=1S/C21H18ClN3O2/c1-3-4-5-14-8-11-18-17(12-14)20(26)19(24-25(18)2)21(27)23-13-15-6-9-16(22)10-7-15/h6-12H,3,13H2,1-2H3,(H,23,27). The molecular weight excluding hydrogens is 362 g/mol. The number of hydrogen-bond acceptors (Lipinski definition) is 3. The van der Waals surface area contributed by atoms with Crippen molar-refractivity contribution >= 4 is 28.4 Å². The molecule has 0 unspecified atom stereocenters. The second-order valence-electron chi connectivity index (χ2n) is 6.00. The molecule has 1 aromatic heterocycles. The van der Waals surface area contributed by atoms with Crippen molar-refractivity contribution in [2.75, 3.05) is 0 Å². The topological polar surface area (TPSA) is 64.0 Å². The van der Waals surface area contributed by atoms with E-state index in [-0.39, 0.29) is 12.2 Å². The lowest BCUT2D eigenvalue weighted by Gasteiger charge is -2.09. The quantitative estimate of drug-likeness (QED) is 0.710. The van der Waals surface area contributed by atoms with Crippen molar-refractivity contribution in [3.8, 4) is 11.8 Å². The fourth-order valence-corrected chi connectivity index (χ4v) is 2.79. The van der Waals surface area contributed by atoms with Crippen LogP contribution in [0.25, 0.3) is 10.9 Å². The highest BCUT2D eigenvalue weighted by molar-refractivity contribution is 6.30. The Hall–Kier alpha value is -3.10. The van der Waals surface area contributed by atoms with Crippen LogP contribution in [0.2, 0.25) is 5.02 Å². The Morgan fingerprint density at radius 3 is 2.67 bits per heavy atom. The van der Waals surface area contributed by atoms with Crippen molar-refractivity contribution in [2.24, 2.45) is 7.05 Å². The van der Waals surface area contributed by atoms with Gasteiger partial charge in [-0.05, 0) is 35.9 Å². The zero-order valence-electron chi connectivity index (χ0n) is 15.0. The molecule has 136 valence electrons. The third-order valence-corrected chi connectivity index (χ3v) is 4.30. The number of carbonyl (C=O) groups excluding carboxylic acids is 1. The van der Waals surface area contributed by atoms with Crippen molar-refractivity contribution in [1.29, 1.82) is 0 Å². The molecule has 1 amide bonds. The zero-order chi connectivity index (χ0) is 19.4. The maximum absolute atomic E-state index is 12.8. The summed E-state index contributed by atoms with van der Waals surface area (Å²) < 4.78 is 1.53. The van der Waals surface area contributed by atoms with Crippen LogP contribution in [0.1, 0.15) is 35.0 Å². The SMILES string of the molecule is CCC#Cc1ccc2c(c1)c(=O)c(C(=O)NCc1ccc(Cl)cc1)nn2C. The molecule has 1 N–H and O–H groups in total. The van der Waals surface area contributed by atoms with Crippen LogP contribution in [0.4, 0.5) is 0 Å². The fraction of sp³-hybridized carbons (Fsp3) is 0.190. The number of fused-ring (bicyclic) bond motifs is 1. The second-order valence-corrected chi connectivity index (χ2v) is 6.43. The Labute approximate surface area is 162 Å². The van der Waals surface area contributed by atoms with Crippen LogP contribution in [-0.2, 0) is 13.6 Å². The molecule has 1 heterocycles. The summed E-state index contributed by atoms with van der Waals surface area (Å²) in [4.78, 5) is 25.3. The normalized spacial score (nSPS) is 10.3. The average molecular weight is 380 g/mol. The monoisotopic (exact) mass is 379 g/mol. The van der Waals surface area contributed by atoms with Gasteiger partial charge in [0.05, 0.1) is 10.9 Å². The van der Waals surface area contributed by atoms with E-state index in [2.05, 4.69) is 22.3 Å². The van der Waals surface area contributed by atoms with Crippen LogP contribution in [-0.4, -0.2) is 15.7 Å². The van der Waals surface area contributed by atoms with Crippen LogP contribution in [0.15, 0.2) is 47.3 Å². The molecule has 3 aromatic rings. The summed E-state index contributed by atoms with van der Waals surface area (Å²) in [5, 5.41) is 7.93. The van der Waals surface area contributed by atoms with E-state index in [1.54, 1.807) is 31.3 Å². The summed E-state index contributed by atoms with van der Waals surface area (Å²) in [6, 6.07) is 12.5. The minimum absolute atomic E-state index is 0.139. The third-order valence-electron chi connectivity index (χ3n) is 4.05. The van der Waals surface area contributed by atoms with Gasteiger partial charge in [-0.1, -0.05) is 42.5 Å². The molecule has 0 saturated carbocycles. The van der Waals surface area contributed by atoms with Gasteiger partial charge in [0, 0.05) is 30.6 Å². The van der Waals surface area contributed by atoms with E-state index in [0.29, 0.717) is 15.9 Å². The van der Waals surface area contributed by atoms with Crippen LogP contribution in [0.5, 0.6) is 0 Å². The third kappa shape index (κ3) is 4.18. The maximum atomic E-state index is 12.8. The van der Waals surface area contributed by atoms with Gasteiger partial charge in [0.25, 0.3) is 5.91 Å². The van der Waals surface area contributed by atoms with Gasteiger partial charge in [0.15, 0.2) is 5.69 Å². The van der Waals surface area contributed by atoms with E-state index in [4.69, 9.17) is 11.6 Å². The lowest BCUT2D eigenvalue weighted by Crippen LogP contribution is -2.31. The first-order valence-electron chi connectivity index (χ1n) is 8.52. The summed E-state index contributed by atoms with van der Waals surface area (Å²) >= 11 is 5.86. The molecule has 27 heavy (non-hydrogen) atoms. The van der Waals surface area contributed by atoms with Crippen LogP contribution in [0.3, 0.4) is 0 Å². The highest BCUT2D eigenvalue weighted by atomic mass is 35.5. The molecule has 0 radical (unpaired) electrons. The molecule has 6 heteroatoms. The van der Waals surface area contributed by atoms with E-state index >= 15 is 0 Å². The van der Waals surface area contributed by atoms with E-state index < -0.39 is 11.3 Å². The van der Waals surface area contributed by atoms with Crippen LogP contribution >= 0.6 is 11.6 Å². The van der Waals surface area contributed by atoms with Gasteiger partial charge in [0.1, 0.15) is 0 Å². The minimum atomic E-state index is -0.516. The van der Waals surface area contributed by atoms with E-state index in [9.17, 15) is 9.59 Å². The molecule has 0 aliphatic rings. The fourth-order valence-electron chi connectivity index (χ4n) is 2.66. The largest absolute Gasteiger partial charge is 0.346 e. The summed E-state index contributed by atoms with van der Waals surface area (Å²) in [7, 11) is 1.70. The highest BCUT2D eigenvalue weighted by Crippen LogP contribution is 2.12. The molecular formula is C21H18ClN3O2. The van der Waals surface area contributed by atoms with Gasteiger partial charge in [-0.15, -0.1) is 0 Å². The van der Waals surface area contributed by atoms with Gasteiger partial charge >= 0.3 is 0 Å². The van der Waals surface area contributed by atoms with Gasteiger partial charge in [-0.25, -0.2) is 0 Å². The number of benzene rings is 2. The molecule has 5 nitrogen and oxygen atoms in total. The lowest BCUT2D eigenvalue weighted by molar-refractivity contribution is 0.0943. The van der Waals surface area contributed by atoms with Crippen LogP contribution in [0, 0.1) is 11.8 Å². The molecule has 2 aromatic carbocycles. The highest BCUT2D eigenvalue weighted by Gasteiger charge is 2.16. The average Bonchev–Trinajstić information content (AvgIpc) is 2.68. The number of aromatic nitrogens is 2. The smallest absolute Gasteiger partial charge is 0.276 e. The van der Waals surface area contributed by atoms with Crippen molar-refractivity contribution < 1.29 is 4.79 Å². The number of amides is 1. The summed E-state index contributed by atoms with van der Waals surface area (Å²) in [5.74, 6) is 5.47. The van der Waals surface area contributed by atoms with Gasteiger partial charge in [-0.2, -0.15) is 5.10 Å². The van der Waals surface area contributed by atoms with E-state index in [1.807, 2.05) is 25.1 Å². The van der Waals surface area contributed by atoms with E-state index in [1.165, 1.54) is 4.68 Å². The molecule has 0 atom stereocenters. The lowest BCUT2D eigenvalue weighted by atomic mass is 10.1. The number of aryl methyl sites for hydroxylation is 1. The first-order valence-corrected chi connectivity index (χ1v) is 8.90. The molecule has 0 bridgehead atoms. The first-order chi connectivity index (χ1) is 13.0. The molecule has 0 fully saturated rings. The van der Waals surface area contributed by atoms with Gasteiger partial charge in [-0.3, -0.25) is 14.3 Å². The van der Waals surface area contributed by atoms with Gasteiger partial charge < -0.3 is 5.32 Å². The zero-order valence-corrected chi connectivity index (χ0v) is 15.8. The Morgan fingerprint density at radius 2 is 1.96 bits per heavy atom. The Morgan fingerprint density at radius 1 is 1.22 bits per heavy atom. The molecule has 3 rings (SSSR count). The summed E-state index contributed by atoms with van der Waals surface area (Å²) in [6.07, 6.45) is 0.727. The second kappa shape index (κ2) is 8.07. The molecule has 0 saturated heterocycles. The molecule has 0 spiro atoms. The Kier molecular flexibility index (Phi) is 5.58. The first kappa shape index (κ1) is 18.7. The number of nitrogens with zero attached hydrogens (tertiary/aromatic N) is 2. The molecule has 0 aliphatic carbocycles. The predicted molar refractivity (Wildman–Crippen MR) is 107 cm³/mol.